The second-order valence-corrected chi connectivity index (χ2v) is 6.54. The number of carbonyl (C=O) groups excluding carboxylic acids is 1. The van der Waals surface area contributed by atoms with Crippen LogP contribution in [0.3, 0.4) is 0 Å². The van der Waals surface area contributed by atoms with Crippen molar-refractivity contribution < 1.29 is 14.3 Å². The summed E-state index contributed by atoms with van der Waals surface area (Å²) in [6.07, 6.45) is 6.63. The lowest BCUT2D eigenvalue weighted by Gasteiger charge is -2.11. The van der Waals surface area contributed by atoms with Gasteiger partial charge in [-0.3, -0.25) is 4.79 Å². The Labute approximate surface area is 162 Å². The summed E-state index contributed by atoms with van der Waals surface area (Å²) >= 11 is 0. The minimum atomic E-state index is -0.164. The molecular formula is C23H29NO3. The normalized spacial score (nSPS) is 10.8. The molecule has 0 unspecified atom stereocenters. The van der Waals surface area contributed by atoms with Gasteiger partial charge in [0, 0.05) is 11.8 Å². The lowest BCUT2D eigenvalue weighted by molar-refractivity contribution is -0.111. The number of ether oxygens (including phenoxy) is 2. The highest BCUT2D eigenvalue weighted by molar-refractivity contribution is 6.02. The van der Waals surface area contributed by atoms with Crippen molar-refractivity contribution in [2.45, 2.75) is 40.0 Å². The lowest BCUT2D eigenvalue weighted by atomic mass is 10.1. The van der Waals surface area contributed by atoms with Crippen molar-refractivity contribution >= 4 is 17.7 Å². The number of methoxy groups -OCH3 is 1. The van der Waals surface area contributed by atoms with Gasteiger partial charge in [0.2, 0.25) is 5.91 Å². The van der Waals surface area contributed by atoms with Gasteiger partial charge in [-0.25, -0.2) is 0 Å². The SMILES string of the molecule is CCCCCOc1ccc(/C=C/C(=O)Nc2cccc(C)c2C)cc1OC. The Morgan fingerprint density at radius 3 is 2.67 bits per heavy atom. The molecule has 1 N–H and O–H groups in total. The molecule has 0 radical (unpaired) electrons. The standard InChI is InChI=1S/C23H29NO3/c1-5-6-7-15-27-21-13-11-19(16-22(21)26-4)12-14-23(25)24-20-10-8-9-17(2)18(20)3/h8-14,16H,5-7,15H2,1-4H3,(H,24,25)/b14-12+. The van der Waals surface area contributed by atoms with Gasteiger partial charge in [0.15, 0.2) is 11.5 Å². The van der Waals surface area contributed by atoms with Gasteiger partial charge in [-0.2, -0.15) is 0 Å². The van der Waals surface area contributed by atoms with E-state index in [0.29, 0.717) is 12.4 Å². The quantitative estimate of drug-likeness (QED) is 0.468. The smallest absolute Gasteiger partial charge is 0.248 e. The highest BCUT2D eigenvalue weighted by Gasteiger charge is 2.06. The molecule has 2 rings (SSSR count). The maximum atomic E-state index is 12.2. The van der Waals surface area contributed by atoms with Crippen molar-refractivity contribution in [3.8, 4) is 11.5 Å². The Morgan fingerprint density at radius 1 is 1.11 bits per heavy atom. The van der Waals surface area contributed by atoms with Gasteiger partial charge in [-0.05, 0) is 61.2 Å². The summed E-state index contributed by atoms with van der Waals surface area (Å²) in [6, 6.07) is 11.5. The Bertz CT molecular complexity index is 796. The molecule has 0 saturated carbocycles. The predicted octanol–water partition coefficient (Wildman–Crippen LogP) is 5.53. The molecule has 1 amide bonds. The maximum absolute atomic E-state index is 12.2. The zero-order valence-corrected chi connectivity index (χ0v) is 16.7. The molecular weight excluding hydrogens is 338 g/mol. The van der Waals surface area contributed by atoms with E-state index in [1.807, 2.05) is 50.2 Å². The van der Waals surface area contributed by atoms with Crippen LogP contribution < -0.4 is 14.8 Å². The van der Waals surface area contributed by atoms with Gasteiger partial charge in [-0.1, -0.05) is 38.0 Å². The van der Waals surface area contributed by atoms with E-state index in [4.69, 9.17) is 9.47 Å². The maximum Gasteiger partial charge on any atom is 0.248 e. The third-order valence-corrected chi connectivity index (χ3v) is 4.48. The number of hydrogen-bond donors (Lipinski definition) is 1. The van der Waals surface area contributed by atoms with Crippen molar-refractivity contribution in [1.29, 1.82) is 0 Å². The summed E-state index contributed by atoms with van der Waals surface area (Å²) in [5.74, 6) is 1.23. The number of nitrogens with one attached hydrogen (secondary N) is 1. The second-order valence-electron chi connectivity index (χ2n) is 6.54. The van der Waals surface area contributed by atoms with E-state index in [-0.39, 0.29) is 5.91 Å². The van der Waals surface area contributed by atoms with Gasteiger partial charge in [-0.15, -0.1) is 0 Å². The fourth-order valence-electron chi connectivity index (χ4n) is 2.67. The van der Waals surface area contributed by atoms with Crippen molar-refractivity contribution in [3.63, 3.8) is 0 Å². The zero-order chi connectivity index (χ0) is 19.6. The van der Waals surface area contributed by atoms with Crippen molar-refractivity contribution in [2.24, 2.45) is 0 Å². The number of unbranched alkanes of at least 4 members (excludes halogenated alkanes) is 2. The lowest BCUT2D eigenvalue weighted by Crippen LogP contribution is -2.09. The largest absolute Gasteiger partial charge is 0.493 e. The molecule has 0 aromatic heterocycles. The Balaban J connectivity index is 2.01. The molecule has 4 nitrogen and oxygen atoms in total. The zero-order valence-electron chi connectivity index (χ0n) is 16.7. The third-order valence-electron chi connectivity index (χ3n) is 4.48. The van der Waals surface area contributed by atoms with E-state index in [2.05, 4.69) is 12.2 Å². The first-order valence-corrected chi connectivity index (χ1v) is 9.41. The van der Waals surface area contributed by atoms with Crippen LogP contribution in [0, 0.1) is 13.8 Å². The minimum Gasteiger partial charge on any atom is -0.493 e. The van der Waals surface area contributed by atoms with Gasteiger partial charge < -0.3 is 14.8 Å². The van der Waals surface area contributed by atoms with Crippen molar-refractivity contribution in [1.82, 2.24) is 0 Å². The van der Waals surface area contributed by atoms with Crippen LogP contribution in [-0.2, 0) is 4.79 Å². The predicted molar refractivity (Wildman–Crippen MR) is 112 cm³/mol. The van der Waals surface area contributed by atoms with E-state index in [1.54, 1.807) is 13.2 Å². The monoisotopic (exact) mass is 367 g/mol. The number of aryl methyl sites for hydroxylation is 1. The summed E-state index contributed by atoms with van der Waals surface area (Å²) in [5, 5.41) is 2.92. The summed E-state index contributed by atoms with van der Waals surface area (Å²) < 4.78 is 11.2. The first kappa shape index (κ1) is 20.6. The fourth-order valence-corrected chi connectivity index (χ4v) is 2.67. The van der Waals surface area contributed by atoms with E-state index in [9.17, 15) is 4.79 Å². The number of amides is 1. The fraction of sp³-hybridized carbons (Fsp3) is 0.348. The van der Waals surface area contributed by atoms with Crippen LogP contribution in [0.2, 0.25) is 0 Å². The molecule has 0 aliphatic rings. The Morgan fingerprint density at radius 2 is 1.93 bits per heavy atom. The van der Waals surface area contributed by atoms with Crippen LogP contribution in [-0.4, -0.2) is 19.6 Å². The molecule has 0 heterocycles. The Kier molecular flexibility index (Phi) is 7.93. The second kappa shape index (κ2) is 10.4. The Hall–Kier alpha value is -2.75. The van der Waals surface area contributed by atoms with Crippen LogP contribution in [0.4, 0.5) is 5.69 Å². The van der Waals surface area contributed by atoms with E-state index < -0.39 is 0 Å². The first-order chi connectivity index (χ1) is 13.0. The highest BCUT2D eigenvalue weighted by Crippen LogP contribution is 2.29. The number of anilines is 1. The molecule has 0 aliphatic carbocycles. The number of benzene rings is 2. The molecule has 0 aliphatic heterocycles. The van der Waals surface area contributed by atoms with Gasteiger partial charge in [0.25, 0.3) is 0 Å². The van der Waals surface area contributed by atoms with E-state index in [1.165, 1.54) is 6.08 Å². The van der Waals surface area contributed by atoms with Gasteiger partial charge in [0.05, 0.1) is 13.7 Å². The summed E-state index contributed by atoms with van der Waals surface area (Å²) in [7, 11) is 1.62. The molecule has 2 aromatic carbocycles. The van der Waals surface area contributed by atoms with Gasteiger partial charge in [0.1, 0.15) is 0 Å². The molecule has 0 saturated heterocycles. The number of hydrogen-bond acceptors (Lipinski definition) is 3. The van der Waals surface area contributed by atoms with Crippen LogP contribution >= 0.6 is 0 Å². The summed E-state index contributed by atoms with van der Waals surface area (Å²) in [5.41, 5.74) is 3.93. The summed E-state index contributed by atoms with van der Waals surface area (Å²) in [6.45, 7) is 6.87. The molecule has 27 heavy (non-hydrogen) atoms. The van der Waals surface area contributed by atoms with Crippen LogP contribution in [0.25, 0.3) is 6.08 Å². The summed E-state index contributed by atoms with van der Waals surface area (Å²) in [4.78, 5) is 12.2. The van der Waals surface area contributed by atoms with Crippen molar-refractivity contribution in [3.05, 3.63) is 59.2 Å². The third kappa shape index (κ3) is 6.17. The van der Waals surface area contributed by atoms with E-state index in [0.717, 1.165) is 47.4 Å². The van der Waals surface area contributed by atoms with Crippen molar-refractivity contribution in [2.75, 3.05) is 19.0 Å². The molecule has 0 spiro atoms. The molecule has 2 aromatic rings. The topological polar surface area (TPSA) is 47.6 Å². The molecule has 144 valence electrons. The van der Waals surface area contributed by atoms with E-state index >= 15 is 0 Å². The average Bonchev–Trinajstić information content (AvgIpc) is 2.67. The molecule has 0 fully saturated rings. The van der Waals surface area contributed by atoms with Crippen LogP contribution in [0.15, 0.2) is 42.5 Å². The first-order valence-electron chi connectivity index (χ1n) is 9.41. The number of carbonyl (C=O) groups is 1. The molecule has 0 bridgehead atoms. The van der Waals surface area contributed by atoms with Gasteiger partial charge >= 0.3 is 0 Å². The van der Waals surface area contributed by atoms with Crippen LogP contribution in [0.5, 0.6) is 11.5 Å². The molecule has 4 heteroatoms. The van der Waals surface area contributed by atoms with Crippen LogP contribution in [0.1, 0.15) is 42.9 Å². The minimum absolute atomic E-state index is 0.164. The molecule has 0 atom stereocenters. The number of rotatable bonds is 9. The average molecular weight is 367 g/mol. The highest BCUT2D eigenvalue weighted by atomic mass is 16.5.